The van der Waals surface area contributed by atoms with E-state index in [-0.39, 0.29) is 23.7 Å². The first-order valence-electron chi connectivity index (χ1n) is 11.5. The number of hydrogen-bond acceptors (Lipinski definition) is 6. The van der Waals surface area contributed by atoms with Gasteiger partial charge in [-0.15, -0.1) is 0 Å². The van der Waals surface area contributed by atoms with Gasteiger partial charge in [-0.05, 0) is 55.1 Å². The Labute approximate surface area is 184 Å². The van der Waals surface area contributed by atoms with E-state index in [1.165, 1.54) is 25.5 Å². The lowest BCUT2D eigenvalue weighted by Crippen LogP contribution is -2.57. The molecule has 0 unspecified atom stereocenters. The summed E-state index contributed by atoms with van der Waals surface area (Å²) in [5, 5.41) is 3.69. The lowest BCUT2D eigenvalue weighted by atomic mass is 9.71. The first-order chi connectivity index (χ1) is 15.0. The summed E-state index contributed by atoms with van der Waals surface area (Å²) < 4.78 is 10.3. The van der Waals surface area contributed by atoms with E-state index in [0.29, 0.717) is 17.4 Å². The molecule has 1 saturated carbocycles. The van der Waals surface area contributed by atoms with Gasteiger partial charge in [0, 0.05) is 30.4 Å². The number of benzene rings is 1. The predicted molar refractivity (Wildman–Crippen MR) is 118 cm³/mol. The summed E-state index contributed by atoms with van der Waals surface area (Å²) in [6, 6.07) is 6.31. The zero-order valence-electron chi connectivity index (χ0n) is 18.6. The van der Waals surface area contributed by atoms with E-state index in [4.69, 9.17) is 9.47 Å². The fourth-order valence-corrected chi connectivity index (χ4v) is 6.30. The van der Waals surface area contributed by atoms with Gasteiger partial charge in [0.2, 0.25) is 0 Å². The van der Waals surface area contributed by atoms with Gasteiger partial charge in [-0.2, -0.15) is 0 Å². The third-order valence-electron chi connectivity index (χ3n) is 8.01. The van der Waals surface area contributed by atoms with Crippen LogP contribution in [0, 0.1) is 11.8 Å². The number of carbonyl (C=O) groups excluding carboxylic acids is 2. The van der Waals surface area contributed by atoms with Crippen molar-refractivity contribution in [2.75, 3.05) is 32.6 Å². The molecule has 3 aliphatic heterocycles. The van der Waals surface area contributed by atoms with Crippen LogP contribution in [0.4, 0.5) is 5.69 Å². The molecule has 0 bridgehead atoms. The van der Waals surface area contributed by atoms with E-state index in [9.17, 15) is 9.59 Å². The molecule has 3 fully saturated rings. The van der Waals surface area contributed by atoms with Crippen molar-refractivity contribution in [3.05, 3.63) is 41.2 Å². The number of anilines is 1. The standard InChI is InChI=1S/C25H32N2O4/c1-4-15-13-27-11-10-25(21(27)12-18(15)19(14-30-2)24(29)31-3)23(28)22-17(16-8-9-16)6-5-7-20(22)26-25/h5-7,14-16,18,21,26H,4,8-13H2,1-3H3/b19-14+/t15-,18+,21+,25+/m1/s1. The molecular weight excluding hydrogens is 392 g/mol. The minimum atomic E-state index is -0.599. The van der Waals surface area contributed by atoms with E-state index in [1.807, 2.05) is 0 Å². The van der Waals surface area contributed by atoms with Crippen molar-refractivity contribution < 1.29 is 19.1 Å². The molecule has 4 atom stereocenters. The highest BCUT2D eigenvalue weighted by Gasteiger charge is 2.59. The second kappa shape index (κ2) is 7.66. The number of nitrogens with zero attached hydrogens (tertiary/aromatic N) is 1. The van der Waals surface area contributed by atoms with E-state index in [1.54, 1.807) is 13.4 Å². The van der Waals surface area contributed by atoms with Gasteiger partial charge in [0.05, 0.1) is 26.1 Å². The Hall–Kier alpha value is -2.34. The van der Waals surface area contributed by atoms with Crippen LogP contribution in [-0.4, -0.2) is 55.5 Å². The Balaban J connectivity index is 1.50. The number of hydrogen-bond donors (Lipinski definition) is 1. The van der Waals surface area contributed by atoms with Crippen molar-refractivity contribution in [1.29, 1.82) is 0 Å². The maximum Gasteiger partial charge on any atom is 0.337 e. The number of methoxy groups -OCH3 is 2. The molecule has 0 amide bonds. The summed E-state index contributed by atoms with van der Waals surface area (Å²) in [6.07, 6.45) is 6.41. The molecule has 5 rings (SSSR count). The summed E-state index contributed by atoms with van der Waals surface area (Å²) >= 11 is 0. The van der Waals surface area contributed by atoms with Crippen molar-refractivity contribution in [2.45, 2.75) is 56.5 Å². The first-order valence-corrected chi connectivity index (χ1v) is 11.5. The first kappa shape index (κ1) is 20.6. The highest BCUT2D eigenvalue weighted by atomic mass is 16.5. The highest BCUT2D eigenvalue weighted by molar-refractivity contribution is 6.15. The SMILES string of the molecule is CC[C@@H]1CN2CC[C@]3(Nc4cccc(C5CC5)c4C3=O)[C@@H]2C[C@@H]1/C(=C\OC)C(=O)OC. The monoisotopic (exact) mass is 424 g/mol. The van der Waals surface area contributed by atoms with Crippen molar-refractivity contribution in [3.8, 4) is 0 Å². The van der Waals surface area contributed by atoms with Crippen LogP contribution in [0.2, 0.25) is 0 Å². The largest absolute Gasteiger partial charge is 0.504 e. The topological polar surface area (TPSA) is 67.9 Å². The number of rotatable bonds is 5. The number of ketones is 1. The van der Waals surface area contributed by atoms with Crippen LogP contribution in [-0.2, 0) is 14.3 Å². The van der Waals surface area contributed by atoms with Gasteiger partial charge in [-0.3, -0.25) is 9.69 Å². The summed E-state index contributed by atoms with van der Waals surface area (Å²) in [5.74, 6) is 0.785. The highest BCUT2D eigenvalue weighted by Crippen LogP contribution is 2.52. The fourth-order valence-electron chi connectivity index (χ4n) is 6.30. The van der Waals surface area contributed by atoms with Crippen molar-refractivity contribution in [1.82, 2.24) is 4.90 Å². The summed E-state index contributed by atoms with van der Waals surface area (Å²) in [7, 11) is 2.98. The fraction of sp³-hybridized carbons (Fsp3) is 0.600. The Bertz CT molecular complexity index is 937. The van der Waals surface area contributed by atoms with Gasteiger partial charge in [0.15, 0.2) is 5.78 Å². The minimum absolute atomic E-state index is 0.00911. The summed E-state index contributed by atoms with van der Waals surface area (Å²) in [6.45, 7) is 3.95. The lowest BCUT2D eigenvalue weighted by molar-refractivity contribution is -0.137. The zero-order chi connectivity index (χ0) is 21.8. The number of ether oxygens (including phenoxy) is 2. The number of fused-ring (bicyclic) bond motifs is 3. The smallest absolute Gasteiger partial charge is 0.337 e. The average molecular weight is 425 g/mol. The average Bonchev–Trinajstić information content (AvgIpc) is 3.52. The van der Waals surface area contributed by atoms with Gasteiger partial charge >= 0.3 is 5.97 Å². The van der Waals surface area contributed by atoms with Gasteiger partial charge in [-0.25, -0.2) is 4.79 Å². The number of esters is 1. The molecule has 1 N–H and O–H groups in total. The molecule has 0 aromatic heterocycles. The second-order valence-electron chi connectivity index (χ2n) is 9.54. The Morgan fingerprint density at radius 2 is 2.13 bits per heavy atom. The van der Waals surface area contributed by atoms with Gasteiger partial charge in [0.1, 0.15) is 5.54 Å². The molecule has 166 valence electrons. The van der Waals surface area contributed by atoms with Gasteiger partial charge < -0.3 is 14.8 Å². The molecular formula is C25H32N2O4. The number of carbonyl (C=O) groups is 2. The Morgan fingerprint density at radius 3 is 2.81 bits per heavy atom. The summed E-state index contributed by atoms with van der Waals surface area (Å²) in [4.78, 5) is 29.0. The maximum absolute atomic E-state index is 14.0. The third kappa shape index (κ3) is 3.10. The molecule has 3 heterocycles. The number of Topliss-reactive ketones (excluding diaryl/α,β-unsaturated/α-hetero) is 1. The molecule has 6 nitrogen and oxygen atoms in total. The molecule has 1 aliphatic carbocycles. The van der Waals surface area contributed by atoms with Gasteiger partial charge in [-0.1, -0.05) is 25.5 Å². The molecule has 31 heavy (non-hydrogen) atoms. The van der Waals surface area contributed by atoms with Crippen LogP contribution in [0.25, 0.3) is 0 Å². The molecule has 1 spiro atoms. The van der Waals surface area contributed by atoms with Crippen LogP contribution in [0.5, 0.6) is 0 Å². The normalized spacial score (nSPS) is 32.5. The molecule has 4 aliphatic rings. The third-order valence-corrected chi connectivity index (χ3v) is 8.01. The van der Waals surface area contributed by atoms with Crippen LogP contribution in [0.15, 0.2) is 30.0 Å². The molecule has 1 aromatic carbocycles. The lowest BCUT2D eigenvalue weighted by Gasteiger charge is -2.45. The molecule has 1 aromatic rings. The van der Waals surface area contributed by atoms with E-state index in [0.717, 1.165) is 43.6 Å². The van der Waals surface area contributed by atoms with Crippen LogP contribution >= 0.6 is 0 Å². The van der Waals surface area contributed by atoms with Crippen LogP contribution < -0.4 is 5.32 Å². The number of nitrogens with one attached hydrogen (secondary N) is 1. The van der Waals surface area contributed by atoms with E-state index in [2.05, 4.69) is 35.3 Å². The molecule has 2 saturated heterocycles. The van der Waals surface area contributed by atoms with Crippen LogP contribution in [0.3, 0.4) is 0 Å². The van der Waals surface area contributed by atoms with Crippen molar-refractivity contribution >= 4 is 17.4 Å². The van der Waals surface area contributed by atoms with Crippen LogP contribution in [0.1, 0.15) is 60.9 Å². The van der Waals surface area contributed by atoms with Crippen molar-refractivity contribution in [3.63, 3.8) is 0 Å². The number of piperidine rings is 1. The Morgan fingerprint density at radius 1 is 1.32 bits per heavy atom. The zero-order valence-corrected chi connectivity index (χ0v) is 18.6. The quantitative estimate of drug-likeness (QED) is 0.441. The van der Waals surface area contributed by atoms with E-state index < -0.39 is 5.54 Å². The Kier molecular flexibility index (Phi) is 5.08. The minimum Gasteiger partial charge on any atom is -0.504 e. The van der Waals surface area contributed by atoms with E-state index >= 15 is 0 Å². The summed E-state index contributed by atoms with van der Waals surface area (Å²) in [5.41, 5.74) is 3.12. The van der Waals surface area contributed by atoms with Gasteiger partial charge in [0.25, 0.3) is 0 Å². The van der Waals surface area contributed by atoms with Crippen molar-refractivity contribution in [2.24, 2.45) is 11.8 Å². The maximum atomic E-state index is 14.0. The predicted octanol–water partition coefficient (Wildman–Crippen LogP) is 3.73. The second-order valence-corrected chi connectivity index (χ2v) is 9.54. The molecule has 6 heteroatoms. The molecule has 0 radical (unpaired) electrons.